The Balaban J connectivity index is 2.00. The van der Waals surface area contributed by atoms with E-state index in [0.29, 0.717) is 17.8 Å². The Labute approximate surface area is 140 Å². The Hall–Kier alpha value is -1.13. The lowest BCUT2D eigenvalue weighted by atomic mass is 10.2. The number of carbonyl (C=O) groups excluding carboxylic acids is 1. The molecule has 0 fully saturated rings. The predicted molar refractivity (Wildman–Crippen MR) is 90.8 cm³/mol. The summed E-state index contributed by atoms with van der Waals surface area (Å²) in [6.07, 6.45) is 0.451. The highest BCUT2D eigenvalue weighted by Crippen LogP contribution is 2.23. The van der Waals surface area contributed by atoms with Gasteiger partial charge in [-0.3, -0.25) is 4.79 Å². The molecule has 0 aliphatic rings. The number of nitrogens with one attached hydrogen (secondary N) is 1. The van der Waals surface area contributed by atoms with Gasteiger partial charge in [0, 0.05) is 11.3 Å². The normalized spacial score (nSPS) is 10.0. The van der Waals surface area contributed by atoms with Crippen LogP contribution in [0, 0.1) is 18.8 Å². The summed E-state index contributed by atoms with van der Waals surface area (Å²) in [5.74, 6) is 5.79. The lowest BCUT2D eigenvalue weighted by molar-refractivity contribution is 0.0955. The maximum Gasteiger partial charge on any atom is 0.261 e. The van der Waals surface area contributed by atoms with Crippen LogP contribution >= 0.6 is 38.6 Å². The van der Waals surface area contributed by atoms with Crippen molar-refractivity contribution in [2.75, 3.05) is 6.61 Å². The van der Waals surface area contributed by atoms with Gasteiger partial charge in [0.05, 0.1) is 26.7 Å². The van der Waals surface area contributed by atoms with E-state index in [1.165, 1.54) is 11.3 Å². The van der Waals surface area contributed by atoms with Crippen molar-refractivity contribution >= 4 is 44.5 Å². The number of aliphatic hydroxyl groups excluding tert-OH is 1. The molecule has 0 aliphatic heterocycles. The molecule has 0 radical (unpaired) electrons. The fourth-order valence-corrected chi connectivity index (χ4v) is 4.00. The van der Waals surface area contributed by atoms with Crippen molar-refractivity contribution in [2.45, 2.75) is 19.9 Å². The van der Waals surface area contributed by atoms with Gasteiger partial charge in [0.2, 0.25) is 0 Å². The van der Waals surface area contributed by atoms with Crippen molar-refractivity contribution in [1.29, 1.82) is 0 Å². The van der Waals surface area contributed by atoms with Crippen LogP contribution in [0.4, 0.5) is 0 Å². The minimum atomic E-state index is -0.0807. The van der Waals surface area contributed by atoms with Crippen LogP contribution in [0.1, 0.15) is 31.4 Å². The van der Waals surface area contributed by atoms with Gasteiger partial charge in [-0.25, -0.2) is 0 Å². The molecule has 1 amide bonds. The SMILES string of the molecule is Cc1cc(C(=O)NCc2ccc(Br)s2)sc1C#CCCO. The molecule has 6 heteroatoms. The molecule has 2 aromatic heterocycles. The van der Waals surface area contributed by atoms with Crippen LogP contribution in [0.15, 0.2) is 22.0 Å². The number of rotatable bonds is 4. The number of amides is 1. The maximum absolute atomic E-state index is 12.1. The van der Waals surface area contributed by atoms with Gasteiger partial charge < -0.3 is 10.4 Å². The van der Waals surface area contributed by atoms with Crippen molar-refractivity contribution in [3.8, 4) is 11.8 Å². The first-order chi connectivity index (χ1) is 10.1. The number of aliphatic hydroxyl groups is 1. The zero-order valence-electron chi connectivity index (χ0n) is 11.4. The van der Waals surface area contributed by atoms with E-state index in [0.717, 1.165) is 19.1 Å². The summed E-state index contributed by atoms with van der Waals surface area (Å²) in [5, 5.41) is 11.6. The second kappa shape index (κ2) is 7.76. The van der Waals surface area contributed by atoms with E-state index in [-0.39, 0.29) is 12.5 Å². The van der Waals surface area contributed by atoms with E-state index in [2.05, 4.69) is 33.1 Å². The van der Waals surface area contributed by atoms with Crippen LogP contribution in [0.2, 0.25) is 0 Å². The molecule has 2 heterocycles. The second-order valence-electron chi connectivity index (χ2n) is 4.29. The van der Waals surface area contributed by atoms with Crippen molar-refractivity contribution in [3.05, 3.63) is 42.2 Å². The van der Waals surface area contributed by atoms with Crippen molar-refractivity contribution in [3.63, 3.8) is 0 Å². The maximum atomic E-state index is 12.1. The Morgan fingerprint density at radius 3 is 2.90 bits per heavy atom. The van der Waals surface area contributed by atoms with Crippen molar-refractivity contribution in [1.82, 2.24) is 5.32 Å². The third-order valence-corrected chi connectivity index (χ3v) is 5.41. The average molecular weight is 384 g/mol. The molecule has 0 unspecified atom stereocenters. The number of aryl methyl sites for hydroxylation is 1. The molecule has 0 atom stereocenters. The third-order valence-electron chi connectivity index (χ3n) is 2.63. The summed E-state index contributed by atoms with van der Waals surface area (Å²) < 4.78 is 1.06. The fourth-order valence-electron chi connectivity index (χ4n) is 1.62. The largest absolute Gasteiger partial charge is 0.395 e. The summed E-state index contributed by atoms with van der Waals surface area (Å²) in [4.78, 5) is 14.8. The quantitative estimate of drug-likeness (QED) is 0.793. The smallest absolute Gasteiger partial charge is 0.261 e. The highest BCUT2D eigenvalue weighted by atomic mass is 79.9. The van der Waals surface area contributed by atoms with E-state index >= 15 is 0 Å². The second-order valence-corrected chi connectivity index (χ2v) is 7.89. The monoisotopic (exact) mass is 383 g/mol. The summed E-state index contributed by atoms with van der Waals surface area (Å²) in [6.45, 7) is 2.52. The number of halogens is 1. The molecule has 21 heavy (non-hydrogen) atoms. The third kappa shape index (κ3) is 4.68. The van der Waals surface area contributed by atoms with Gasteiger partial charge in [-0.1, -0.05) is 11.8 Å². The zero-order chi connectivity index (χ0) is 15.2. The number of hydrogen-bond donors (Lipinski definition) is 2. The lowest BCUT2D eigenvalue weighted by Crippen LogP contribution is -2.21. The molecular weight excluding hydrogens is 370 g/mol. The molecule has 0 saturated heterocycles. The summed E-state index contributed by atoms with van der Waals surface area (Å²) in [7, 11) is 0. The van der Waals surface area contributed by atoms with Gasteiger partial charge in [0.15, 0.2) is 0 Å². The Morgan fingerprint density at radius 1 is 1.43 bits per heavy atom. The lowest BCUT2D eigenvalue weighted by Gasteiger charge is -2.00. The molecule has 2 rings (SSSR count). The van der Waals surface area contributed by atoms with Crippen LogP contribution < -0.4 is 5.32 Å². The van der Waals surface area contributed by atoms with E-state index in [1.54, 1.807) is 11.3 Å². The van der Waals surface area contributed by atoms with Crippen LogP contribution in [0.25, 0.3) is 0 Å². The first-order valence-corrected chi connectivity index (χ1v) is 8.75. The molecule has 0 saturated carbocycles. The van der Waals surface area contributed by atoms with Gasteiger partial charge in [0.25, 0.3) is 5.91 Å². The van der Waals surface area contributed by atoms with E-state index < -0.39 is 0 Å². The Bertz CT molecular complexity index is 694. The molecule has 2 aromatic rings. The molecule has 0 bridgehead atoms. The summed E-state index contributed by atoms with van der Waals surface area (Å²) >= 11 is 6.39. The Kier molecular flexibility index (Phi) is 6.00. The van der Waals surface area contributed by atoms with Gasteiger partial charge >= 0.3 is 0 Å². The molecule has 2 N–H and O–H groups in total. The highest BCUT2D eigenvalue weighted by molar-refractivity contribution is 9.11. The minimum absolute atomic E-state index is 0.0567. The van der Waals surface area contributed by atoms with Crippen LogP contribution in [0.3, 0.4) is 0 Å². The number of thiophene rings is 2. The average Bonchev–Trinajstić information content (AvgIpc) is 3.03. The van der Waals surface area contributed by atoms with Crippen LogP contribution in [-0.4, -0.2) is 17.6 Å². The standard InChI is InChI=1S/C15H14BrNO2S2/c1-10-8-13(21-12(10)4-2-3-7-18)15(19)17-9-11-5-6-14(16)20-11/h5-6,8,18H,3,7,9H2,1H3,(H,17,19). The molecule has 0 spiro atoms. The van der Waals surface area contributed by atoms with Crippen LogP contribution in [-0.2, 0) is 6.54 Å². The summed E-state index contributed by atoms with van der Waals surface area (Å²) in [6, 6.07) is 5.81. The molecule has 0 aromatic carbocycles. The molecular formula is C15H14BrNO2S2. The van der Waals surface area contributed by atoms with E-state index in [1.807, 2.05) is 25.1 Å². The van der Waals surface area contributed by atoms with Gasteiger partial charge in [-0.2, -0.15) is 0 Å². The molecule has 3 nitrogen and oxygen atoms in total. The topological polar surface area (TPSA) is 49.3 Å². The Morgan fingerprint density at radius 2 is 2.24 bits per heavy atom. The van der Waals surface area contributed by atoms with E-state index in [4.69, 9.17) is 5.11 Å². The fraction of sp³-hybridized carbons (Fsp3) is 0.267. The van der Waals surface area contributed by atoms with Gasteiger partial charge in [-0.15, -0.1) is 22.7 Å². The first-order valence-electron chi connectivity index (χ1n) is 6.32. The molecule has 0 aliphatic carbocycles. The van der Waals surface area contributed by atoms with Crippen molar-refractivity contribution in [2.24, 2.45) is 0 Å². The highest BCUT2D eigenvalue weighted by Gasteiger charge is 2.11. The molecule has 110 valence electrons. The zero-order valence-corrected chi connectivity index (χ0v) is 14.6. The first kappa shape index (κ1) is 16.2. The summed E-state index contributed by atoms with van der Waals surface area (Å²) in [5.41, 5.74) is 0.995. The predicted octanol–water partition coefficient (Wildman–Crippen LogP) is 3.54. The van der Waals surface area contributed by atoms with E-state index in [9.17, 15) is 4.79 Å². The van der Waals surface area contributed by atoms with Crippen molar-refractivity contribution < 1.29 is 9.90 Å². The van der Waals surface area contributed by atoms with Crippen LogP contribution in [0.5, 0.6) is 0 Å². The van der Waals surface area contributed by atoms with Gasteiger partial charge in [-0.05, 0) is 46.6 Å². The number of carbonyl (C=O) groups is 1. The minimum Gasteiger partial charge on any atom is -0.395 e. The van der Waals surface area contributed by atoms with Gasteiger partial charge in [0.1, 0.15) is 0 Å². The number of hydrogen-bond acceptors (Lipinski definition) is 4.